The van der Waals surface area contributed by atoms with Gasteiger partial charge in [0.1, 0.15) is 13.1 Å². The molecule has 6 heteroatoms. The fourth-order valence-electron chi connectivity index (χ4n) is 3.36. The van der Waals surface area contributed by atoms with Gasteiger partial charge in [-0.3, -0.25) is 9.69 Å². The van der Waals surface area contributed by atoms with E-state index in [4.69, 9.17) is 9.72 Å². The molecule has 4 rings (SSSR count). The van der Waals surface area contributed by atoms with Gasteiger partial charge in [-0.15, -0.1) is 0 Å². The number of ether oxygens (including phenoxy) is 1. The summed E-state index contributed by atoms with van der Waals surface area (Å²) in [6, 6.07) is 16.3. The van der Waals surface area contributed by atoms with Crippen LogP contribution in [0, 0.1) is 6.92 Å². The first-order chi connectivity index (χ1) is 13.2. The number of nitrogens with zero attached hydrogens (tertiary/aromatic N) is 2. The highest BCUT2D eigenvalue weighted by molar-refractivity contribution is 7.22. The smallest absolute Gasteiger partial charge is 0.284 e. The Balaban J connectivity index is 1.63. The second-order valence-electron chi connectivity index (χ2n) is 6.92. The van der Waals surface area contributed by atoms with Crippen molar-refractivity contribution in [3.05, 3.63) is 59.7 Å². The molecule has 5 nitrogen and oxygen atoms in total. The molecule has 2 aromatic carbocycles. The third-order valence-corrected chi connectivity index (χ3v) is 5.97. The molecular weight excluding hydrogens is 358 g/mol. The highest BCUT2D eigenvalue weighted by Crippen LogP contribution is 2.31. The maximum absolute atomic E-state index is 13.2. The molecule has 2 heterocycles. The van der Waals surface area contributed by atoms with Gasteiger partial charge in [0.2, 0.25) is 0 Å². The number of aromatic nitrogens is 1. The molecule has 0 saturated carbocycles. The van der Waals surface area contributed by atoms with Gasteiger partial charge in [-0.2, -0.15) is 0 Å². The minimum atomic E-state index is 0.118. The molecular formula is C21H24N3O2S+. The van der Waals surface area contributed by atoms with Crippen molar-refractivity contribution in [2.24, 2.45) is 0 Å². The number of fused-ring (bicyclic) bond motifs is 1. The largest absolute Gasteiger partial charge is 0.370 e. The van der Waals surface area contributed by atoms with E-state index in [1.54, 1.807) is 11.3 Å². The zero-order valence-electron chi connectivity index (χ0n) is 15.5. The maximum atomic E-state index is 13.2. The molecule has 1 N–H and O–H groups in total. The van der Waals surface area contributed by atoms with Crippen LogP contribution in [0.15, 0.2) is 48.5 Å². The number of hydrogen-bond donors (Lipinski definition) is 1. The number of hydrogen-bond acceptors (Lipinski definition) is 4. The average molecular weight is 383 g/mol. The van der Waals surface area contributed by atoms with Gasteiger partial charge >= 0.3 is 0 Å². The fraction of sp³-hybridized carbons (Fsp3) is 0.333. The Labute approximate surface area is 163 Å². The molecule has 27 heavy (non-hydrogen) atoms. The molecule has 0 atom stereocenters. The molecule has 1 amide bonds. The van der Waals surface area contributed by atoms with Crippen LogP contribution < -0.4 is 9.80 Å². The second-order valence-corrected chi connectivity index (χ2v) is 7.93. The number of amides is 1. The van der Waals surface area contributed by atoms with Crippen molar-refractivity contribution >= 4 is 32.6 Å². The van der Waals surface area contributed by atoms with Gasteiger partial charge in [-0.05, 0) is 24.1 Å². The summed E-state index contributed by atoms with van der Waals surface area (Å²) < 4.78 is 6.54. The van der Waals surface area contributed by atoms with E-state index in [1.165, 1.54) is 4.90 Å². The van der Waals surface area contributed by atoms with Crippen molar-refractivity contribution in [1.82, 2.24) is 4.98 Å². The predicted molar refractivity (Wildman–Crippen MR) is 108 cm³/mol. The number of quaternary nitrogens is 1. The minimum absolute atomic E-state index is 0.118. The predicted octanol–water partition coefficient (Wildman–Crippen LogP) is 2.05. The summed E-state index contributed by atoms with van der Waals surface area (Å²) >= 11 is 1.59. The van der Waals surface area contributed by atoms with E-state index >= 15 is 0 Å². The first-order valence-corrected chi connectivity index (χ1v) is 10.1. The molecule has 0 aliphatic carbocycles. The zero-order chi connectivity index (χ0) is 18.6. The number of morpholine rings is 1. The molecule has 1 saturated heterocycles. The van der Waals surface area contributed by atoms with Gasteiger partial charge in [-0.25, -0.2) is 4.98 Å². The van der Waals surface area contributed by atoms with Crippen molar-refractivity contribution in [2.45, 2.75) is 13.5 Å². The van der Waals surface area contributed by atoms with Crippen LogP contribution in [0.1, 0.15) is 11.1 Å². The molecule has 0 spiro atoms. The molecule has 1 aromatic heterocycles. The Hall–Kier alpha value is -2.28. The molecule has 0 bridgehead atoms. The Morgan fingerprint density at radius 2 is 1.93 bits per heavy atom. The van der Waals surface area contributed by atoms with E-state index in [2.05, 4.69) is 31.2 Å². The SMILES string of the molecule is Cc1cccc2sc(N(Cc3ccccc3)C(=O)C[NH+]3CCOCC3)nc12. The zero-order valence-corrected chi connectivity index (χ0v) is 16.3. The summed E-state index contributed by atoms with van der Waals surface area (Å²) in [6.45, 7) is 6.29. The number of benzene rings is 2. The standard InChI is InChI=1S/C21H23N3O2S/c1-16-6-5-9-18-20(16)22-21(27-18)24(14-17-7-3-2-4-8-17)19(25)15-23-10-12-26-13-11-23/h2-9H,10-15H2,1H3/p+1. The summed E-state index contributed by atoms with van der Waals surface area (Å²) in [4.78, 5) is 21.1. The van der Waals surface area contributed by atoms with Crippen LogP contribution in [0.4, 0.5) is 5.13 Å². The van der Waals surface area contributed by atoms with Crippen LogP contribution in [-0.2, 0) is 16.1 Å². The first-order valence-electron chi connectivity index (χ1n) is 9.32. The Morgan fingerprint density at radius 1 is 1.15 bits per heavy atom. The number of aryl methyl sites for hydroxylation is 1. The fourth-order valence-corrected chi connectivity index (χ4v) is 4.42. The number of carbonyl (C=O) groups excluding carboxylic acids is 1. The van der Waals surface area contributed by atoms with Gasteiger partial charge < -0.3 is 9.64 Å². The third-order valence-electron chi connectivity index (χ3n) is 4.93. The van der Waals surface area contributed by atoms with Crippen molar-refractivity contribution < 1.29 is 14.4 Å². The molecule has 0 unspecified atom stereocenters. The van der Waals surface area contributed by atoms with E-state index in [0.29, 0.717) is 13.1 Å². The lowest BCUT2D eigenvalue weighted by molar-refractivity contribution is -0.900. The number of rotatable bonds is 5. The van der Waals surface area contributed by atoms with E-state index < -0.39 is 0 Å². The molecule has 1 fully saturated rings. The van der Waals surface area contributed by atoms with Crippen molar-refractivity contribution in [3.63, 3.8) is 0 Å². The van der Waals surface area contributed by atoms with E-state index in [1.807, 2.05) is 29.2 Å². The normalized spacial score (nSPS) is 15.1. The topological polar surface area (TPSA) is 46.9 Å². The lowest BCUT2D eigenvalue weighted by Gasteiger charge is -2.26. The van der Waals surface area contributed by atoms with E-state index in [9.17, 15) is 4.79 Å². The average Bonchev–Trinajstić information content (AvgIpc) is 3.13. The molecule has 140 valence electrons. The molecule has 1 aliphatic rings. The summed E-state index contributed by atoms with van der Waals surface area (Å²) in [5.41, 5.74) is 3.24. The van der Waals surface area contributed by atoms with Gasteiger partial charge in [0, 0.05) is 0 Å². The van der Waals surface area contributed by atoms with E-state index in [-0.39, 0.29) is 5.91 Å². The lowest BCUT2D eigenvalue weighted by Crippen LogP contribution is -3.15. The lowest BCUT2D eigenvalue weighted by atomic mass is 10.2. The second kappa shape index (κ2) is 8.17. The Morgan fingerprint density at radius 3 is 2.67 bits per heavy atom. The number of anilines is 1. The number of thiazole rings is 1. The summed E-state index contributed by atoms with van der Waals surface area (Å²) in [6.07, 6.45) is 0. The maximum Gasteiger partial charge on any atom is 0.284 e. The van der Waals surface area contributed by atoms with Crippen LogP contribution >= 0.6 is 11.3 Å². The van der Waals surface area contributed by atoms with Crippen molar-refractivity contribution in [1.29, 1.82) is 0 Å². The molecule has 0 radical (unpaired) electrons. The number of carbonyl (C=O) groups is 1. The Bertz CT molecular complexity index is 920. The van der Waals surface area contributed by atoms with Gasteiger partial charge in [0.15, 0.2) is 11.7 Å². The van der Waals surface area contributed by atoms with E-state index in [0.717, 1.165) is 52.8 Å². The summed E-state index contributed by atoms with van der Waals surface area (Å²) in [5, 5.41) is 0.779. The van der Waals surface area contributed by atoms with Crippen molar-refractivity contribution in [2.75, 3.05) is 37.7 Å². The summed E-state index contributed by atoms with van der Waals surface area (Å²) in [7, 11) is 0. The van der Waals surface area contributed by atoms with Crippen LogP contribution in [0.2, 0.25) is 0 Å². The number of nitrogens with one attached hydrogen (secondary N) is 1. The molecule has 1 aliphatic heterocycles. The minimum Gasteiger partial charge on any atom is -0.370 e. The van der Waals surface area contributed by atoms with Crippen LogP contribution in [0.25, 0.3) is 10.2 Å². The number of para-hydroxylation sites is 1. The third kappa shape index (κ3) is 4.18. The van der Waals surface area contributed by atoms with Gasteiger partial charge in [0.05, 0.1) is 30.0 Å². The Kier molecular flexibility index (Phi) is 5.48. The van der Waals surface area contributed by atoms with Crippen LogP contribution in [0.5, 0.6) is 0 Å². The molecule has 3 aromatic rings. The van der Waals surface area contributed by atoms with Gasteiger partial charge in [-0.1, -0.05) is 53.8 Å². The first kappa shape index (κ1) is 18.1. The quantitative estimate of drug-likeness (QED) is 0.735. The van der Waals surface area contributed by atoms with Crippen molar-refractivity contribution in [3.8, 4) is 0 Å². The van der Waals surface area contributed by atoms with Crippen LogP contribution in [0.3, 0.4) is 0 Å². The highest BCUT2D eigenvalue weighted by Gasteiger charge is 2.25. The van der Waals surface area contributed by atoms with Gasteiger partial charge in [0.25, 0.3) is 5.91 Å². The van der Waals surface area contributed by atoms with Crippen LogP contribution in [-0.4, -0.2) is 43.7 Å². The summed E-state index contributed by atoms with van der Waals surface area (Å²) in [5.74, 6) is 0.118. The monoisotopic (exact) mass is 382 g/mol. The highest BCUT2D eigenvalue weighted by atomic mass is 32.1.